The molecule has 0 aliphatic rings. The van der Waals surface area contributed by atoms with Gasteiger partial charge in [-0.2, -0.15) is 18.3 Å². The molecule has 0 aliphatic carbocycles. The maximum atomic E-state index is 12.2. The highest BCUT2D eigenvalue weighted by Gasteiger charge is 2.33. The highest BCUT2D eigenvalue weighted by Crippen LogP contribution is 2.27. The van der Waals surface area contributed by atoms with Gasteiger partial charge >= 0.3 is 6.18 Å². The number of hydrogen-bond acceptors (Lipinski definition) is 4. The predicted octanol–water partition coefficient (Wildman–Crippen LogP) is 1.64. The van der Waals surface area contributed by atoms with E-state index < -0.39 is 11.9 Å². The molecule has 0 aliphatic heterocycles. The van der Waals surface area contributed by atoms with E-state index in [1.165, 1.54) is 6.20 Å². The molecule has 0 N–H and O–H groups in total. The van der Waals surface area contributed by atoms with E-state index in [9.17, 15) is 13.2 Å². The molecule has 0 atom stereocenters. The number of aromatic nitrogens is 4. The lowest BCUT2D eigenvalue weighted by atomic mass is 10.3. The molecule has 0 radical (unpaired) electrons. The van der Waals surface area contributed by atoms with Gasteiger partial charge < -0.3 is 0 Å². The van der Waals surface area contributed by atoms with Crippen molar-refractivity contribution in [1.29, 1.82) is 0 Å². The minimum Gasteiger partial charge on any atom is -0.266 e. The summed E-state index contributed by atoms with van der Waals surface area (Å²) in [6.45, 7) is 1.76. The molecule has 2 rings (SSSR count). The molecule has 8 heteroatoms. The smallest absolute Gasteiger partial charge is 0.266 e. The predicted molar refractivity (Wildman–Crippen MR) is 45.4 cm³/mol. The molecule has 16 heavy (non-hydrogen) atoms. The molecule has 0 amide bonds. The quantitative estimate of drug-likeness (QED) is 0.789. The van der Waals surface area contributed by atoms with E-state index in [4.69, 9.17) is 0 Å². The van der Waals surface area contributed by atoms with Crippen molar-refractivity contribution in [3.05, 3.63) is 29.3 Å². The Labute approximate surface area is 87.8 Å². The molecule has 0 saturated heterocycles. The first-order chi connectivity index (χ1) is 7.47. The van der Waals surface area contributed by atoms with E-state index in [1.54, 1.807) is 6.92 Å². The maximum Gasteiger partial charge on any atom is 0.435 e. The Hall–Kier alpha value is -1.86. The van der Waals surface area contributed by atoms with Gasteiger partial charge in [0.15, 0.2) is 5.69 Å². The van der Waals surface area contributed by atoms with Crippen LogP contribution >= 0.6 is 0 Å². The van der Waals surface area contributed by atoms with Gasteiger partial charge in [0.05, 0.1) is 6.54 Å². The number of hydrogen-bond donors (Lipinski definition) is 0. The fourth-order valence-corrected chi connectivity index (χ4v) is 1.15. The molecule has 5 nitrogen and oxygen atoms in total. The summed E-state index contributed by atoms with van der Waals surface area (Å²) in [6.07, 6.45) is -3.20. The molecule has 2 aromatic rings. The van der Waals surface area contributed by atoms with Crippen LogP contribution in [-0.4, -0.2) is 20.1 Å². The minimum absolute atomic E-state index is 0.103. The van der Waals surface area contributed by atoms with Crippen LogP contribution in [0.3, 0.4) is 0 Å². The molecule has 86 valence electrons. The van der Waals surface area contributed by atoms with Crippen LogP contribution < -0.4 is 0 Å². The zero-order valence-corrected chi connectivity index (χ0v) is 8.19. The van der Waals surface area contributed by atoms with Crippen LogP contribution in [0.5, 0.6) is 0 Å². The van der Waals surface area contributed by atoms with E-state index >= 15 is 0 Å². The van der Waals surface area contributed by atoms with Crippen molar-refractivity contribution >= 4 is 0 Å². The Morgan fingerprint density at radius 1 is 1.38 bits per heavy atom. The molecule has 0 fully saturated rings. The summed E-state index contributed by atoms with van der Waals surface area (Å²) in [5.41, 5.74) is 0.0579. The van der Waals surface area contributed by atoms with Crippen LogP contribution in [0.15, 0.2) is 16.9 Å². The number of nitrogens with zero attached hydrogens (tertiary/aromatic N) is 4. The van der Waals surface area contributed by atoms with Gasteiger partial charge in [0, 0.05) is 6.20 Å². The van der Waals surface area contributed by atoms with Gasteiger partial charge in [-0.05, 0) is 13.0 Å². The second kappa shape index (κ2) is 3.62. The highest BCUT2D eigenvalue weighted by atomic mass is 19.4. The Bertz CT molecular complexity index is 487. The van der Waals surface area contributed by atoms with Gasteiger partial charge in [-0.15, -0.1) is 0 Å². The van der Waals surface area contributed by atoms with Crippen molar-refractivity contribution in [1.82, 2.24) is 20.1 Å². The first-order valence-corrected chi connectivity index (χ1v) is 4.35. The third-order valence-corrected chi connectivity index (χ3v) is 1.99. The molecular weight excluding hydrogens is 225 g/mol. The molecule has 2 heterocycles. The second-order valence-corrected chi connectivity index (χ2v) is 3.19. The minimum atomic E-state index is -4.43. The van der Waals surface area contributed by atoms with Crippen LogP contribution in [-0.2, 0) is 12.7 Å². The molecule has 0 spiro atoms. The summed E-state index contributed by atoms with van der Waals surface area (Å²) in [7, 11) is 0. The zero-order chi connectivity index (χ0) is 11.8. The van der Waals surface area contributed by atoms with Crippen molar-refractivity contribution in [2.45, 2.75) is 19.6 Å². The average Bonchev–Trinajstić information content (AvgIpc) is 2.76. The van der Waals surface area contributed by atoms with Crippen LogP contribution in [0.4, 0.5) is 13.2 Å². The van der Waals surface area contributed by atoms with Crippen molar-refractivity contribution < 1.29 is 17.8 Å². The Morgan fingerprint density at radius 3 is 2.62 bits per heavy atom. The first-order valence-electron chi connectivity index (χ1n) is 4.35. The molecule has 0 bridgehead atoms. The summed E-state index contributed by atoms with van der Waals surface area (Å²) in [5, 5.41) is 10.5. The zero-order valence-electron chi connectivity index (χ0n) is 8.19. The Morgan fingerprint density at radius 2 is 2.12 bits per heavy atom. The molecule has 0 saturated carbocycles. The van der Waals surface area contributed by atoms with Gasteiger partial charge in [0.1, 0.15) is 11.4 Å². The summed E-state index contributed by atoms with van der Waals surface area (Å²) >= 11 is 0. The van der Waals surface area contributed by atoms with Crippen molar-refractivity contribution in [3.63, 3.8) is 0 Å². The SMILES string of the molecule is Cc1nonc1Cn1ccc(C(F)(F)F)n1. The summed E-state index contributed by atoms with van der Waals surface area (Å²) in [5.74, 6) is 0. The third kappa shape index (κ3) is 2.05. The Balaban J connectivity index is 2.18. The fourth-order valence-electron chi connectivity index (χ4n) is 1.15. The molecule has 2 aromatic heterocycles. The fraction of sp³-hybridized carbons (Fsp3) is 0.375. The topological polar surface area (TPSA) is 56.7 Å². The number of halogens is 3. The number of rotatable bonds is 2. The number of aryl methyl sites for hydroxylation is 1. The van der Waals surface area contributed by atoms with E-state index in [0.717, 1.165) is 10.7 Å². The lowest BCUT2D eigenvalue weighted by molar-refractivity contribution is -0.141. The van der Waals surface area contributed by atoms with Crippen LogP contribution in [0.1, 0.15) is 17.1 Å². The van der Waals surface area contributed by atoms with Crippen molar-refractivity contribution in [2.75, 3.05) is 0 Å². The standard InChI is InChI=1S/C8H7F3N4O/c1-5-6(14-16-13-5)4-15-3-2-7(12-15)8(9,10)11/h2-3H,4H2,1H3. The first kappa shape index (κ1) is 10.7. The highest BCUT2D eigenvalue weighted by molar-refractivity contribution is 5.08. The molecule has 0 aromatic carbocycles. The number of alkyl halides is 3. The summed E-state index contributed by atoms with van der Waals surface area (Å²) in [6, 6.07) is 0.906. The van der Waals surface area contributed by atoms with E-state index in [1.807, 2.05) is 0 Å². The summed E-state index contributed by atoms with van der Waals surface area (Å²) in [4.78, 5) is 0. The largest absolute Gasteiger partial charge is 0.435 e. The monoisotopic (exact) mass is 232 g/mol. The normalized spacial score (nSPS) is 12.0. The molecule has 0 unspecified atom stereocenters. The van der Waals surface area contributed by atoms with E-state index in [2.05, 4.69) is 20.0 Å². The third-order valence-electron chi connectivity index (χ3n) is 1.99. The van der Waals surface area contributed by atoms with Gasteiger partial charge in [-0.1, -0.05) is 10.3 Å². The second-order valence-electron chi connectivity index (χ2n) is 3.19. The van der Waals surface area contributed by atoms with E-state index in [-0.39, 0.29) is 6.54 Å². The van der Waals surface area contributed by atoms with Gasteiger partial charge in [-0.25, -0.2) is 4.63 Å². The lowest BCUT2D eigenvalue weighted by Crippen LogP contribution is -2.09. The van der Waals surface area contributed by atoms with Crippen LogP contribution in [0.2, 0.25) is 0 Å². The average molecular weight is 232 g/mol. The Kier molecular flexibility index (Phi) is 2.41. The van der Waals surface area contributed by atoms with Crippen LogP contribution in [0.25, 0.3) is 0 Å². The van der Waals surface area contributed by atoms with Gasteiger partial charge in [0.25, 0.3) is 0 Å². The lowest BCUT2D eigenvalue weighted by Gasteiger charge is -2.01. The van der Waals surface area contributed by atoms with Crippen molar-refractivity contribution in [3.8, 4) is 0 Å². The van der Waals surface area contributed by atoms with Gasteiger partial charge in [-0.3, -0.25) is 4.68 Å². The maximum absolute atomic E-state index is 12.2. The molecular formula is C8H7F3N4O. The summed E-state index contributed by atoms with van der Waals surface area (Å²) < 4.78 is 42.3. The van der Waals surface area contributed by atoms with E-state index in [0.29, 0.717) is 11.4 Å². The van der Waals surface area contributed by atoms with Crippen molar-refractivity contribution in [2.24, 2.45) is 0 Å². The van der Waals surface area contributed by atoms with Gasteiger partial charge in [0.2, 0.25) is 0 Å². The van der Waals surface area contributed by atoms with Crippen LogP contribution in [0, 0.1) is 6.92 Å².